The highest BCUT2D eigenvalue weighted by atomic mass is 35.5. The van der Waals surface area contributed by atoms with Crippen LogP contribution < -0.4 is 20.3 Å². The molecule has 3 aromatic carbocycles. The quantitative estimate of drug-likeness (QED) is 0.411. The summed E-state index contributed by atoms with van der Waals surface area (Å²) >= 11 is 18.2. The van der Waals surface area contributed by atoms with Gasteiger partial charge in [-0.2, -0.15) is 0 Å². The van der Waals surface area contributed by atoms with Gasteiger partial charge in [-0.1, -0.05) is 53.0 Å². The largest absolute Gasteiger partial charge is 0.495 e. The molecule has 10 heteroatoms. The topological polar surface area (TPSA) is 87.7 Å². The highest BCUT2D eigenvalue weighted by Gasteiger charge is 2.40. The van der Waals surface area contributed by atoms with E-state index in [1.165, 1.54) is 13.2 Å². The fourth-order valence-electron chi connectivity index (χ4n) is 3.36. The van der Waals surface area contributed by atoms with E-state index in [1.807, 2.05) is 0 Å². The van der Waals surface area contributed by atoms with Crippen molar-refractivity contribution in [3.05, 3.63) is 93.1 Å². The molecule has 2 N–H and O–H groups in total. The number of nitrogens with zero attached hydrogens (tertiary/aromatic N) is 1. The maximum atomic E-state index is 13.1. The fraction of sp³-hybridized carbons (Fsp3) is 0.0417. The first-order valence-corrected chi connectivity index (χ1v) is 11.0. The van der Waals surface area contributed by atoms with Crippen LogP contribution in [-0.2, 0) is 9.59 Å². The summed E-state index contributed by atoms with van der Waals surface area (Å²) in [4.78, 5) is 39.5. The van der Waals surface area contributed by atoms with Gasteiger partial charge in [-0.25, -0.2) is 4.90 Å². The number of nitrogens with one attached hydrogen (secondary N) is 2. The van der Waals surface area contributed by atoms with Crippen LogP contribution in [-0.4, -0.2) is 24.8 Å². The number of benzene rings is 3. The van der Waals surface area contributed by atoms with Gasteiger partial charge in [0.2, 0.25) is 0 Å². The van der Waals surface area contributed by atoms with Crippen LogP contribution in [0.4, 0.5) is 17.1 Å². The van der Waals surface area contributed by atoms with Crippen molar-refractivity contribution in [1.82, 2.24) is 0 Å². The monoisotopic (exact) mass is 515 g/mol. The van der Waals surface area contributed by atoms with Crippen LogP contribution in [0.15, 0.2) is 77.5 Å². The van der Waals surface area contributed by atoms with Gasteiger partial charge in [-0.15, -0.1) is 0 Å². The van der Waals surface area contributed by atoms with Crippen molar-refractivity contribution in [3.8, 4) is 5.75 Å². The molecular weight excluding hydrogens is 501 g/mol. The molecule has 0 aromatic heterocycles. The van der Waals surface area contributed by atoms with Crippen LogP contribution in [0.2, 0.25) is 10.0 Å². The zero-order valence-corrected chi connectivity index (χ0v) is 19.8. The Morgan fingerprint density at radius 2 is 1.56 bits per heavy atom. The Balaban J connectivity index is 1.56. The molecule has 1 heterocycles. The van der Waals surface area contributed by atoms with Gasteiger partial charge < -0.3 is 15.4 Å². The van der Waals surface area contributed by atoms with E-state index in [2.05, 4.69) is 10.6 Å². The summed E-state index contributed by atoms with van der Waals surface area (Å²) in [7, 11) is 1.44. The van der Waals surface area contributed by atoms with Crippen molar-refractivity contribution in [2.75, 3.05) is 22.6 Å². The summed E-state index contributed by atoms with van der Waals surface area (Å²) in [6.07, 6.45) is 0. The van der Waals surface area contributed by atoms with Gasteiger partial charge in [0.25, 0.3) is 17.7 Å². The lowest BCUT2D eigenvalue weighted by atomic mass is 10.1. The summed E-state index contributed by atoms with van der Waals surface area (Å²) in [6.45, 7) is 0. The number of carbonyl (C=O) groups is 3. The van der Waals surface area contributed by atoms with E-state index < -0.39 is 17.7 Å². The first-order chi connectivity index (χ1) is 16.3. The van der Waals surface area contributed by atoms with Crippen LogP contribution in [0.25, 0.3) is 0 Å². The Kier molecular flexibility index (Phi) is 6.79. The molecule has 7 nitrogen and oxygen atoms in total. The number of amides is 3. The van der Waals surface area contributed by atoms with Crippen LogP contribution in [0.1, 0.15) is 10.4 Å². The third kappa shape index (κ3) is 4.72. The third-order valence-corrected chi connectivity index (χ3v) is 5.65. The molecule has 1 aliphatic heterocycles. The second-order valence-electron chi connectivity index (χ2n) is 7.12. The number of ether oxygens (including phenoxy) is 1. The molecule has 3 amide bonds. The normalized spacial score (nSPS) is 13.4. The van der Waals surface area contributed by atoms with Crippen molar-refractivity contribution < 1.29 is 19.1 Å². The lowest BCUT2D eigenvalue weighted by Gasteiger charge is -2.18. The average Bonchev–Trinajstić information content (AvgIpc) is 3.01. The summed E-state index contributed by atoms with van der Waals surface area (Å²) in [5.41, 5.74) is 1.25. The summed E-state index contributed by atoms with van der Waals surface area (Å²) in [5, 5.41) is 6.05. The van der Waals surface area contributed by atoms with Crippen LogP contribution in [0.5, 0.6) is 5.75 Å². The van der Waals surface area contributed by atoms with Crippen LogP contribution in [0.3, 0.4) is 0 Å². The van der Waals surface area contributed by atoms with E-state index in [0.29, 0.717) is 27.2 Å². The second kappa shape index (κ2) is 9.77. The highest BCUT2D eigenvalue weighted by molar-refractivity contribution is 6.53. The van der Waals surface area contributed by atoms with Gasteiger partial charge in [0.15, 0.2) is 0 Å². The number of imide groups is 1. The van der Waals surface area contributed by atoms with Crippen LogP contribution >= 0.6 is 34.8 Å². The van der Waals surface area contributed by atoms with Crippen molar-refractivity contribution in [1.29, 1.82) is 0 Å². The predicted molar refractivity (Wildman–Crippen MR) is 133 cm³/mol. The number of methoxy groups -OCH3 is 1. The number of halogens is 3. The number of anilines is 3. The molecule has 0 bridgehead atoms. The van der Waals surface area contributed by atoms with E-state index in [9.17, 15) is 14.4 Å². The molecule has 0 radical (unpaired) electrons. The lowest BCUT2D eigenvalue weighted by Crippen LogP contribution is -2.32. The van der Waals surface area contributed by atoms with Gasteiger partial charge in [-0.05, 0) is 48.5 Å². The molecular formula is C24H16Cl3N3O4. The van der Waals surface area contributed by atoms with Crippen molar-refractivity contribution in [3.63, 3.8) is 0 Å². The highest BCUT2D eigenvalue weighted by Crippen LogP contribution is 2.35. The first kappa shape index (κ1) is 23.6. The summed E-state index contributed by atoms with van der Waals surface area (Å²) in [5.74, 6) is -1.42. The minimum absolute atomic E-state index is 0.114. The Morgan fingerprint density at radius 3 is 2.26 bits per heavy atom. The average molecular weight is 517 g/mol. The maximum Gasteiger partial charge on any atom is 0.283 e. The Bertz CT molecular complexity index is 1340. The van der Waals surface area contributed by atoms with E-state index in [-0.39, 0.29) is 22.0 Å². The van der Waals surface area contributed by atoms with Crippen molar-refractivity contribution >= 4 is 69.6 Å². The Morgan fingerprint density at radius 1 is 0.853 bits per heavy atom. The van der Waals surface area contributed by atoms with Gasteiger partial charge in [0.05, 0.1) is 12.8 Å². The number of hydrogen-bond acceptors (Lipinski definition) is 5. The summed E-state index contributed by atoms with van der Waals surface area (Å²) in [6, 6.07) is 17.6. The minimum Gasteiger partial charge on any atom is -0.495 e. The van der Waals surface area contributed by atoms with Crippen molar-refractivity contribution in [2.45, 2.75) is 0 Å². The molecule has 172 valence electrons. The number of rotatable bonds is 6. The first-order valence-electron chi connectivity index (χ1n) is 9.84. The number of para-hydroxylation sites is 2. The van der Waals surface area contributed by atoms with Crippen LogP contribution in [0, 0.1) is 0 Å². The SMILES string of the molecule is COc1ccccc1N1C(=O)C(Cl)=C(Nc2cccc(C(=O)Nc3cc(Cl)cc(Cl)c3)c2)C1=O. The third-order valence-electron chi connectivity index (χ3n) is 4.87. The van der Waals surface area contributed by atoms with Gasteiger partial charge >= 0.3 is 0 Å². The predicted octanol–water partition coefficient (Wildman–Crippen LogP) is 5.69. The summed E-state index contributed by atoms with van der Waals surface area (Å²) < 4.78 is 5.26. The Labute approximate surface area is 209 Å². The van der Waals surface area contributed by atoms with Gasteiger partial charge in [0, 0.05) is 27.0 Å². The molecule has 4 rings (SSSR count). The molecule has 0 saturated carbocycles. The van der Waals surface area contributed by atoms with Gasteiger partial charge in [0.1, 0.15) is 16.5 Å². The molecule has 0 saturated heterocycles. The maximum absolute atomic E-state index is 13.1. The second-order valence-corrected chi connectivity index (χ2v) is 8.38. The van der Waals surface area contributed by atoms with Gasteiger partial charge in [-0.3, -0.25) is 14.4 Å². The zero-order chi connectivity index (χ0) is 24.4. The fourth-order valence-corrected chi connectivity index (χ4v) is 4.10. The Hall–Kier alpha value is -3.52. The molecule has 1 aliphatic rings. The molecule has 0 fully saturated rings. The zero-order valence-electron chi connectivity index (χ0n) is 17.6. The lowest BCUT2D eigenvalue weighted by molar-refractivity contribution is -0.120. The van der Waals surface area contributed by atoms with E-state index in [4.69, 9.17) is 39.5 Å². The van der Waals surface area contributed by atoms with E-state index in [1.54, 1.807) is 60.7 Å². The molecule has 0 aliphatic carbocycles. The van der Waals surface area contributed by atoms with E-state index >= 15 is 0 Å². The standard InChI is InChI=1S/C24H16Cl3N3O4/c1-34-19-8-3-2-7-18(19)30-23(32)20(27)21(24(30)33)28-16-6-4-5-13(9-16)22(31)29-17-11-14(25)10-15(26)12-17/h2-12,28H,1H3,(H,29,31). The molecule has 0 unspecified atom stereocenters. The number of carbonyl (C=O) groups excluding carboxylic acids is 3. The molecule has 0 atom stereocenters. The van der Waals surface area contributed by atoms with E-state index in [0.717, 1.165) is 4.90 Å². The number of hydrogen-bond donors (Lipinski definition) is 2. The molecule has 34 heavy (non-hydrogen) atoms. The van der Waals surface area contributed by atoms with Crippen molar-refractivity contribution in [2.24, 2.45) is 0 Å². The minimum atomic E-state index is -0.689. The smallest absolute Gasteiger partial charge is 0.283 e. The molecule has 3 aromatic rings. The molecule has 0 spiro atoms.